The molecule has 0 spiro atoms. The monoisotopic (exact) mass is 1280 g/mol. The number of primary amides is 1. The second-order valence-electron chi connectivity index (χ2n) is 26.5. The molecule has 5 rings (SSSR count). The van der Waals surface area contributed by atoms with Gasteiger partial charge in [-0.05, 0) is 106 Å². The summed E-state index contributed by atoms with van der Waals surface area (Å²) in [6.07, 6.45) is 6.11. The highest BCUT2D eigenvalue weighted by Crippen LogP contribution is 2.47. The number of likely N-dealkylation sites (tertiary alicyclic amines) is 1. The maximum atomic E-state index is 14.7. The number of urea groups is 1. The molecule has 2 aromatic carbocycles. The van der Waals surface area contributed by atoms with Crippen LogP contribution in [0.3, 0.4) is 0 Å². The van der Waals surface area contributed by atoms with Crippen LogP contribution in [-0.2, 0) is 69.4 Å². The number of alkyl carbamates (subject to hydrolysis) is 1. The molecule has 1 aliphatic carbocycles. The second-order valence-corrected chi connectivity index (χ2v) is 26.5. The van der Waals surface area contributed by atoms with Gasteiger partial charge < -0.3 is 56.3 Å². The van der Waals surface area contributed by atoms with Gasteiger partial charge >= 0.3 is 12.1 Å². The SMILES string of the molecule is CC[C@H](C)[C@@H]([C@@H](CC(=O)N1CCC[C@H]1[C@H](OC)[C@@H](C)C(=O)NCC1(c2ccccc2)CC1)OC)N(C)C(=O)[C@@H](CC(=O)C(C)(C)NC(=O)OCc1ccc(NC(=O)[C@H](CCCNC(N)=O)CC(=O)[C@@H](NC(=O)CCCCCN2C(=O)C=CC2=O)C(C)C)cc1)C(C)C. The number of ether oxygens (including phenoxy) is 3. The molecule has 2 aromatic rings. The molecule has 0 unspecified atom stereocenters. The summed E-state index contributed by atoms with van der Waals surface area (Å²) in [6.45, 7) is 17.5. The van der Waals surface area contributed by atoms with Gasteiger partial charge in [0.25, 0.3) is 11.8 Å². The number of benzene rings is 2. The highest BCUT2D eigenvalue weighted by molar-refractivity contribution is 6.12. The summed E-state index contributed by atoms with van der Waals surface area (Å²) >= 11 is 0. The van der Waals surface area contributed by atoms with Crippen LogP contribution < -0.4 is 32.3 Å². The minimum Gasteiger partial charge on any atom is -0.445 e. The molecule has 0 bridgehead atoms. The third kappa shape index (κ3) is 21.5. The molecule has 2 heterocycles. The van der Waals surface area contributed by atoms with E-state index in [4.69, 9.17) is 19.9 Å². The van der Waals surface area contributed by atoms with Crippen molar-refractivity contribution in [2.45, 2.75) is 200 Å². The number of ketones is 2. The molecule has 10 amide bonds. The average Bonchev–Trinajstić information content (AvgIpc) is 1.58. The number of rotatable bonds is 39. The minimum atomic E-state index is -1.46. The zero-order chi connectivity index (χ0) is 68.0. The Bertz CT molecular complexity index is 2880. The number of imide groups is 1. The van der Waals surface area contributed by atoms with Crippen molar-refractivity contribution in [3.8, 4) is 0 Å². The Morgan fingerprint density at radius 2 is 1.46 bits per heavy atom. The number of nitrogens with two attached hydrogens (primary N) is 1. The maximum absolute atomic E-state index is 14.7. The quantitative estimate of drug-likeness (QED) is 0.0283. The molecular formula is C69H103N9O14. The van der Waals surface area contributed by atoms with E-state index < -0.39 is 71.4 Å². The van der Waals surface area contributed by atoms with Crippen molar-refractivity contribution in [2.24, 2.45) is 41.2 Å². The van der Waals surface area contributed by atoms with Crippen molar-refractivity contribution in [3.05, 3.63) is 77.9 Å². The Hall–Kier alpha value is -7.53. The van der Waals surface area contributed by atoms with Gasteiger partial charge in [0, 0.05) is 102 Å². The first-order valence-electron chi connectivity index (χ1n) is 32.8. The van der Waals surface area contributed by atoms with Crippen LogP contribution in [0.1, 0.15) is 163 Å². The predicted molar refractivity (Wildman–Crippen MR) is 348 cm³/mol. The lowest BCUT2D eigenvalue weighted by molar-refractivity contribution is -0.149. The van der Waals surface area contributed by atoms with Gasteiger partial charge in [-0.15, -0.1) is 0 Å². The van der Waals surface area contributed by atoms with Crippen LogP contribution >= 0.6 is 0 Å². The fourth-order valence-corrected chi connectivity index (χ4v) is 12.5. The van der Waals surface area contributed by atoms with E-state index >= 15 is 0 Å². The van der Waals surface area contributed by atoms with Gasteiger partial charge in [-0.1, -0.05) is 104 Å². The van der Waals surface area contributed by atoms with E-state index in [0.29, 0.717) is 62.9 Å². The lowest BCUT2D eigenvalue weighted by atomic mass is 9.83. The second kappa shape index (κ2) is 35.5. The molecule has 92 heavy (non-hydrogen) atoms. The van der Waals surface area contributed by atoms with E-state index in [0.717, 1.165) is 24.2 Å². The summed E-state index contributed by atoms with van der Waals surface area (Å²) in [5, 5.41) is 14.0. The first kappa shape index (κ1) is 75.2. The molecule has 23 heteroatoms. The molecule has 1 saturated carbocycles. The van der Waals surface area contributed by atoms with Crippen LogP contribution in [0.15, 0.2) is 66.7 Å². The molecule has 3 aliphatic rings. The van der Waals surface area contributed by atoms with Gasteiger partial charge in [-0.3, -0.25) is 48.1 Å². The largest absolute Gasteiger partial charge is 0.445 e. The molecule has 0 aromatic heterocycles. The summed E-state index contributed by atoms with van der Waals surface area (Å²) in [5.41, 5.74) is 5.86. The third-order valence-electron chi connectivity index (χ3n) is 18.7. The molecule has 2 fully saturated rings. The van der Waals surface area contributed by atoms with Crippen molar-refractivity contribution in [3.63, 3.8) is 0 Å². The Labute approximate surface area is 543 Å². The summed E-state index contributed by atoms with van der Waals surface area (Å²) in [7, 11) is 4.79. The Kier molecular flexibility index (Phi) is 29.0. The fourth-order valence-electron chi connectivity index (χ4n) is 12.5. The molecule has 9 atom stereocenters. The number of methoxy groups -OCH3 is 2. The van der Waals surface area contributed by atoms with Gasteiger partial charge in [0.05, 0.1) is 48.2 Å². The standard InChI is InChI=1S/C69H103N9O14/c1-13-45(6)61(54(90-11)40-59(84)77-37-21-25-52(77)62(91-12)46(7)63(85)72-42-69(33-34-69)49-23-16-14-17-24-49)76(10)65(87)51(43(2)3)39-55(80)68(8,9)75-67(89)92-41-47-27-29-50(30-28-47)73-64(86)48(22-20-35-71-66(70)88)38-53(79)60(44(4)5)74-56(81)26-18-15-19-36-78-57(82)31-32-58(78)83/h14,16-17,23-24,27-32,43-46,48,51-52,54,60-62H,13,15,18-22,25-26,33-42H2,1-12H3,(H,72,85)(H,73,86)(H,74,81)(H,75,89)(H3,70,71,88)/t45-,46+,48+,51-,52-,54+,60-,61-,62+/m0/s1. The zero-order valence-corrected chi connectivity index (χ0v) is 56.3. The number of likely N-dealkylation sites (N-methyl/N-ethyl adjacent to an activating group) is 1. The van der Waals surface area contributed by atoms with Crippen molar-refractivity contribution in [1.29, 1.82) is 0 Å². The average molecular weight is 1280 g/mol. The van der Waals surface area contributed by atoms with E-state index in [1.165, 1.54) is 24.8 Å². The molecule has 7 N–H and O–H groups in total. The molecule has 2 aliphatic heterocycles. The van der Waals surface area contributed by atoms with E-state index in [1.54, 1.807) is 75.9 Å². The summed E-state index contributed by atoms with van der Waals surface area (Å²) in [5.74, 6) is -5.82. The number of amides is 10. The molecule has 23 nitrogen and oxygen atoms in total. The number of Topliss-reactive ketones (excluding diaryl/α,β-unsaturated/α-hetero) is 2. The van der Waals surface area contributed by atoms with Gasteiger partial charge in [0.1, 0.15) is 6.61 Å². The number of nitrogens with one attached hydrogen (secondary N) is 5. The number of nitrogens with zero attached hydrogens (tertiary/aromatic N) is 3. The van der Waals surface area contributed by atoms with Crippen LogP contribution in [-0.4, -0.2) is 163 Å². The summed E-state index contributed by atoms with van der Waals surface area (Å²) in [6, 6.07) is 14.2. The summed E-state index contributed by atoms with van der Waals surface area (Å²) < 4.78 is 17.7. The van der Waals surface area contributed by atoms with E-state index in [2.05, 4.69) is 38.7 Å². The zero-order valence-electron chi connectivity index (χ0n) is 56.3. The van der Waals surface area contributed by atoms with E-state index in [-0.39, 0.29) is 122 Å². The maximum Gasteiger partial charge on any atom is 0.408 e. The highest BCUT2D eigenvalue weighted by Gasteiger charge is 2.47. The number of anilines is 1. The minimum absolute atomic E-state index is 0.0320. The first-order chi connectivity index (χ1) is 43.6. The molecule has 1 saturated heterocycles. The van der Waals surface area contributed by atoms with Crippen molar-refractivity contribution >= 4 is 70.7 Å². The van der Waals surface area contributed by atoms with Crippen molar-refractivity contribution in [1.82, 2.24) is 36.0 Å². The predicted octanol–water partition coefficient (Wildman–Crippen LogP) is 7.28. The van der Waals surface area contributed by atoms with Crippen LogP contribution in [0.2, 0.25) is 0 Å². The van der Waals surface area contributed by atoms with Crippen LogP contribution in [0.25, 0.3) is 0 Å². The van der Waals surface area contributed by atoms with Gasteiger partial charge in [0.2, 0.25) is 29.5 Å². The van der Waals surface area contributed by atoms with E-state index in [1.807, 2.05) is 52.8 Å². The Morgan fingerprint density at radius 3 is 2.04 bits per heavy atom. The van der Waals surface area contributed by atoms with Gasteiger partial charge in [-0.2, -0.15) is 0 Å². The fraction of sp³-hybridized carbons (Fsp3) is 0.638. The number of hydrogen-bond acceptors (Lipinski definition) is 14. The Morgan fingerprint density at radius 1 is 0.793 bits per heavy atom. The van der Waals surface area contributed by atoms with Crippen LogP contribution in [0, 0.1) is 35.5 Å². The number of hydrogen-bond donors (Lipinski definition) is 6. The van der Waals surface area contributed by atoms with Gasteiger partial charge in [0.15, 0.2) is 11.6 Å². The lowest BCUT2D eigenvalue weighted by Crippen LogP contribution is -2.55. The van der Waals surface area contributed by atoms with Crippen molar-refractivity contribution in [2.75, 3.05) is 52.8 Å². The van der Waals surface area contributed by atoms with Crippen molar-refractivity contribution < 1.29 is 67.0 Å². The number of unbranched alkanes of at least 4 members (excludes halogenated alkanes) is 2. The lowest BCUT2D eigenvalue weighted by Gasteiger charge is -2.41. The third-order valence-corrected chi connectivity index (χ3v) is 18.7. The smallest absolute Gasteiger partial charge is 0.408 e. The first-order valence-corrected chi connectivity index (χ1v) is 32.8. The number of carbonyl (C=O) groups excluding carboxylic acids is 11. The molecule has 0 radical (unpaired) electrons. The van der Waals surface area contributed by atoms with Gasteiger partial charge in [-0.25, -0.2) is 9.59 Å². The normalized spacial score (nSPS) is 17.8. The Balaban J connectivity index is 1.13. The number of carbonyl (C=O) groups is 11. The van der Waals surface area contributed by atoms with Crippen LogP contribution in [0.5, 0.6) is 0 Å². The molecule has 508 valence electrons. The van der Waals surface area contributed by atoms with Crippen LogP contribution in [0.4, 0.5) is 15.3 Å². The topological polar surface area (TPSA) is 311 Å². The molecular weight excluding hydrogens is 1180 g/mol. The van der Waals surface area contributed by atoms with E-state index in [9.17, 15) is 52.7 Å². The highest BCUT2D eigenvalue weighted by atomic mass is 16.5. The summed E-state index contributed by atoms with van der Waals surface area (Å²) in [4.78, 5) is 151.